The Hall–Kier alpha value is -0.930. The molecule has 4 N–H and O–H groups in total. The first-order valence-electron chi connectivity index (χ1n) is 4.32. The molecule has 0 aromatic heterocycles. The van der Waals surface area contributed by atoms with E-state index in [1.54, 1.807) is 0 Å². The van der Waals surface area contributed by atoms with Crippen LogP contribution in [0.25, 0.3) is 0 Å². The van der Waals surface area contributed by atoms with Gasteiger partial charge in [-0.05, 0) is 19.1 Å². The van der Waals surface area contributed by atoms with E-state index in [-0.39, 0.29) is 30.6 Å². The van der Waals surface area contributed by atoms with Crippen LogP contribution in [-0.4, -0.2) is 12.4 Å². The molecule has 0 aliphatic heterocycles. The van der Waals surface area contributed by atoms with Gasteiger partial charge in [-0.1, -0.05) is 17.7 Å². The summed E-state index contributed by atoms with van der Waals surface area (Å²) in [7, 11) is 0. The fraction of sp³-hybridized carbons (Fsp3) is 0.300. The highest BCUT2D eigenvalue weighted by atomic mass is 35.5. The van der Waals surface area contributed by atoms with Crippen LogP contribution in [0.15, 0.2) is 24.3 Å². The quantitative estimate of drug-likeness (QED) is 0.568. The number of rotatable bonds is 4. The first kappa shape index (κ1) is 16.5. The zero-order valence-electron chi connectivity index (χ0n) is 8.62. The molecule has 0 heterocycles. The molecule has 0 fully saturated rings. The predicted octanol–water partition coefficient (Wildman–Crippen LogP) is 2.58. The molecule has 1 aromatic carbocycles. The molecule has 0 saturated heterocycles. The summed E-state index contributed by atoms with van der Waals surface area (Å²) in [6, 6.07) is 8.15. The van der Waals surface area contributed by atoms with Crippen molar-refractivity contribution in [1.29, 1.82) is 5.41 Å². The van der Waals surface area contributed by atoms with Gasteiger partial charge in [0.2, 0.25) is 0 Å². The van der Waals surface area contributed by atoms with Crippen LogP contribution in [0.3, 0.4) is 0 Å². The number of hydrogen-bond acceptors (Lipinski definition) is 2. The minimum Gasteiger partial charge on any atom is -0.388 e. The van der Waals surface area contributed by atoms with Crippen molar-refractivity contribution in [1.82, 2.24) is 0 Å². The second-order valence-electron chi connectivity index (χ2n) is 3.07. The average molecular weight is 250 g/mol. The lowest BCUT2D eigenvalue weighted by molar-refractivity contribution is 1.08. The van der Waals surface area contributed by atoms with E-state index in [9.17, 15) is 0 Å². The molecule has 0 saturated carbocycles. The lowest BCUT2D eigenvalue weighted by Gasteiger charge is -2.05. The molecule has 86 valence electrons. The normalized spacial score (nSPS) is 8.33. The molecule has 1 aromatic rings. The summed E-state index contributed by atoms with van der Waals surface area (Å²) in [5.74, 6) is 0.222. The standard InChI is InChI=1S/C10H15N3.2ClH/c1-8-2-4-9(5-3-8)13-7-6-10(11)12;;/h2-5,13H,6-7H2,1H3,(H3,11,12);2*1H. The van der Waals surface area contributed by atoms with Crippen molar-refractivity contribution >= 4 is 36.3 Å². The van der Waals surface area contributed by atoms with Crippen molar-refractivity contribution in [2.45, 2.75) is 13.3 Å². The minimum atomic E-state index is 0. The van der Waals surface area contributed by atoms with E-state index in [2.05, 4.69) is 24.4 Å². The van der Waals surface area contributed by atoms with Crippen molar-refractivity contribution in [2.24, 2.45) is 5.73 Å². The Labute approximate surface area is 103 Å². The van der Waals surface area contributed by atoms with Gasteiger partial charge in [0.1, 0.15) is 0 Å². The Bertz CT molecular complexity index is 285. The highest BCUT2D eigenvalue weighted by Crippen LogP contribution is 2.07. The van der Waals surface area contributed by atoms with Gasteiger partial charge < -0.3 is 11.1 Å². The van der Waals surface area contributed by atoms with E-state index in [4.69, 9.17) is 11.1 Å². The highest BCUT2D eigenvalue weighted by Gasteiger charge is 1.91. The number of amidine groups is 1. The third-order valence-electron chi connectivity index (χ3n) is 1.78. The van der Waals surface area contributed by atoms with Crippen molar-refractivity contribution in [3.05, 3.63) is 29.8 Å². The lowest BCUT2D eigenvalue weighted by atomic mass is 10.2. The zero-order valence-corrected chi connectivity index (χ0v) is 10.3. The Balaban J connectivity index is 0. The number of nitrogens with one attached hydrogen (secondary N) is 2. The van der Waals surface area contributed by atoms with Crippen molar-refractivity contribution < 1.29 is 0 Å². The molecule has 0 bridgehead atoms. The summed E-state index contributed by atoms with van der Waals surface area (Å²) in [6.45, 7) is 2.78. The number of halogens is 2. The summed E-state index contributed by atoms with van der Waals surface area (Å²) in [4.78, 5) is 0. The molecule has 0 amide bonds. The lowest BCUT2D eigenvalue weighted by Crippen LogP contribution is -2.14. The third-order valence-corrected chi connectivity index (χ3v) is 1.78. The summed E-state index contributed by atoms with van der Waals surface area (Å²) in [5.41, 5.74) is 7.55. The van der Waals surface area contributed by atoms with E-state index in [1.165, 1.54) is 5.56 Å². The molecule has 0 atom stereocenters. The second kappa shape index (κ2) is 8.38. The molecule has 0 radical (unpaired) electrons. The molecule has 15 heavy (non-hydrogen) atoms. The Morgan fingerprint density at radius 1 is 1.27 bits per heavy atom. The van der Waals surface area contributed by atoms with Gasteiger partial charge in [0, 0.05) is 18.7 Å². The van der Waals surface area contributed by atoms with Gasteiger partial charge in [-0.3, -0.25) is 5.41 Å². The molecule has 0 aliphatic rings. The average Bonchev–Trinajstić information content (AvgIpc) is 2.08. The van der Waals surface area contributed by atoms with Crippen LogP contribution < -0.4 is 11.1 Å². The van der Waals surface area contributed by atoms with E-state index in [1.807, 2.05) is 12.1 Å². The van der Waals surface area contributed by atoms with Crippen LogP contribution >= 0.6 is 24.8 Å². The molecule has 0 unspecified atom stereocenters. The van der Waals surface area contributed by atoms with Gasteiger partial charge in [0.05, 0.1) is 5.84 Å². The first-order valence-corrected chi connectivity index (χ1v) is 4.32. The van der Waals surface area contributed by atoms with Crippen molar-refractivity contribution in [2.75, 3.05) is 11.9 Å². The van der Waals surface area contributed by atoms with Gasteiger partial charge in [-0.25, -0.2) is 0 Å². The predicted molar refractivity (Wildman–Crippen MR) is 70.7 cm³/mol. The largest absolute Gasteiger partial charge is 0.388 e. The Morgan fingerprint density at radius 2 is 1.80 bits per heavy atom. The van der Waals surface area contributed by atoms with Crippen LogP contribution in [0.2, 0.25) is 0 Å². The molecule has 3 nitrogen and oxygen atoms in total. The summed E-state index contributed by atoms with van der Waals surface area (Å²) >= 11 is 0. The molecule has 1 rings (SSSR count). The fourth-order valence-corrected chi connectivity index (χ4v) is 1.01. The zero-order chi connectivity index (χ0) is 9.68. The van der Waals surface area contributed by atoms with E-state index in [0.717, 1.165) is 12.2 Å². The van der Waals surface area contributed by atoms with Gasteiger partial charge in [0.15, 0.2) is 0 Å². The maximum atomic E-state index is 7.03. The van der Waals surface area contributed by atoms with E-state index in [0.29, 0.717) is 6.42 Å². The third kappa shape index (κ3) is 7.05. The maximum Gasteiger partial charge on any atom is 0.0923 e. The van der Waals surface area contributed by atoms with Crippen LogP contribution in [-0.2, 0) is 0 Å². The van der Waals surface area contributed by atoms with Crippen LogP contribution in [0, 0.1) is 12.3 Å². The van der Waals surface area contributed by atoms with Crippen molar-refractivity contribution in [3.8, 4) is 0 Å². The number of aryl methyl sites for hydroxylation is 1. The topological polar surface area (TPSA) is 61.9 Å². The van der Waals surface area contributed by atoms with Gasteiger partial charge in [-0.15, -0.1) is 24.8 Å². The molecular weight excluding hydrogens is 233 g/mol. The number of anilines is 1. The first-order chi connectivity index (χ1) is 6.18. The Kier molecular flexibility index (Phi) is 9.22. The van der Waals surface area contributed by atoms with Crippen LogP contribution in [0.5, 0.6) is 0 Å². The monoisotopic (exact) mass is 249 g/mol. The second-order valence-corrected chi connectivity index (χ2v) is 3.07. The molecular formula is C10H17Cl2N3. The SMILES string of the molecule is Cc1ccc(NCCC(=N)N)cc1.Cl.Cl. The number of benzene rings is 1. The Morgan fingerprint density at radius 3 is 2.27 bits per heavy atom. The van der Waals surface area contributed by atoms with E-state index < -0.39 is 0 Å². The molecule has 5 heteroatoms. The smallest absolute Gasteiger partial charge is 0.0923 e. The van der Waals surface area contributed by atoms with Crippen LogP contribution in [0.1, 0.15) is 12.0 Å². The summed E-state index contributed by atoms with van der Waals surface area (Å²) < 4.78 is 0. The molecule has 0 spiro atoms. The van der Waals surface area contributed by atoms with Gasteiger partial charge >= 0.3 is 0 Å². The highest BCUT2D eigenvalue weighted by molar-refractivity contribution is 5.85. The summed E-state index contributed by atoms with van der Waals surface area (Å²) in [5, 5.41) is 10.2. The number of hydrogen-bond donors (Lipinski definition) is 3. The van der Waals surface area contributed by atoms with Gasteiger partial charge in [0.25, 0.3) is 0 Å². The van der Waals surface area contributed by atoms with Crippen molar-refractivity contribution in [3.63, 3.8) is 0 Å². The maximum absolute atomic E-state index is 7.03. The minimum absolute atomic E-state index is 0. The fourth-order valence-electron chi connectivity index (χ4n) is 1.01. The number of nitrogens with two attached hydrogens (primary N) is 1. The molecule has 0 aliphatic carbocycles. The summed E-state index contributed by atoms with van der Waals surface area (Å²) in [6.07, 6.45) is 0.591. The van der Waals surface area contributed by atoms with E-state index >= 15 is 0 Å². The van der Waals surface area contributed by atoms with Gasteiger partial charge in [-0.2, -0.15) is 0 Å². The van der Waals surface area contributed by atoms with Crippen LogP contribution in [0.4, 0.5) is 5.69 Å².